The van der Waals surface area contributed by atoms with Gasteiger partial charge >= 0.3 is 0 Å². The number of aryl methyl sites for hydroxylation is 3. The number of benzene rings is 1. The Bertz CT molecular complexity index is 856. The number of aliphatic imine (C=N–C) groups is 1. The second kappa shape index (κ2) is 12.2. The first-order valence-corrected chi connectivity index (χ1v) is 10.6. The van der Waals surface area contributed by atoms with Crippen molar-refractivity contribution >= 4 is 41.5 Å². The third kappa shape index (κ3) is 6.94. The smallest absolute Gasteiger partial charge is 0.191 e. The fraction of sp³-hybridized carbons (Fsp3) is 0.524. The molecule has 1 aliphatic heterocycles. The summed E-state index contributed by atoms with van der Waals surface area (Å²) in [5, 5.41) is 11.7. The molecular formula is C21H31ClIN5O2. The molecule has 0 saturated heterocycles. The van der Waals surface area contributed by atoms with Gasteiger partial charge in [0, 0.05) is 31.7 Å². The fourth-order valence-corrected chi connectivity index (χ4v) is 3.51. The zero-order valence-corrected chi connectivity index (χ0v) is 20.9. The summed E-state index contributed by atoms with van der Waals surface area (Å²) in [5.41, 5.74) is 3.23. The number of hydrogen-bond donors (Lipinski definition) is 2. The maximum atomic E-state index is 6.38. The molecular weight excluding hydrogens is 517 g/mol. The molecule has 166 valence electrons. The molecule has 9 heteroatoms. The predicted molar refractivity (Wildman–Crippen MR) is 132 cm³/mol. The van der Waals surface area contributed by atoms with Gasteiger partial charge in [0.25, 0.3) is 0 Å². The number of nitrogens with one attached hydrogen (secondary N) is 2. The number of guanidine groups is 1. The molecule has 30 heavy (non-hydrogen) atoms. The third-order valence-corrected chi connectivity index (χ3v) is 4.85. The highest BCUT2D eigenvalue weighted by atomic mass is 127. The van der Waals surface area contributed by atoms with Gasteiger partial charge < -0.3 is 20.1 Å². The zero-order chi connectivity index (χ0) is 20.6. The maximum Gasteiger partial charge on any atom is 0.191 e. The van der Waals surface area contributed by atoms with Crippen LogP contribution in [-0.4, -0.2) is 42.0 Å². The van der Waals surface area contributed by atoms with Gasteiger partial charge in [-0.3, -0.25) is 4.68 Å². The van der Waals surface area contributed by atoms with Gasteiger partial charge in [-0.25, -0.2) is 4.99 Å². The first-order chi connectivity index (χ1) is 14.1. The number of ether oxygens (including phenoxy) is 2. The molecule has 0 atom stereocenters. The standard InChI is InChI=1S/C21H30ClN5O2.HI/c1-4-23-21(24-7-5-8-27-16(3)11-15(2)26-27)25-14-17-12-18(22)20-19(13-17)28-9-6-10-29-20;/h11-13H,4-10,14H2,1-3H3,(H2,23,24,25);1H. The zero-order valence-electron chi connectivity index (χ0n) is 17.8. The van der Waals surface area contributed by atoms with Crippen LogP contribution in [0.25, 0.3) is 0 Å². The average molecular weight is 548 g/mol. The summed E-state index contributed by atoms with van der Waals surface area (Å²) in [4.78, 5) is 4.68. The number of aromatic nitrogens is 2. The summed E-state index contributed by atoms with van der Waals surface area (Å²) in [5.74, 6) is 2.11. The van der Waals surface area contributed by atoms with Crippen molar-refractivity contribution in [1.29, 1.82) is 0 Å². The molecule has 0 spiro atoms. The van der Waals surface area contributed by atoms with Crippen LogP contribution in [0.3, 0.4) is 0 Å². The van der Waals surface area contributed by atoms with Gasteiger partial charge in [0.2, 0.25) is 0 Å². The number of rotatable bonds is 7. The number of nitrogens with zero attached hydrogens (tertiary/aromatic N) is 3. The SMILES string of the molecule is CCNC(=NCc1cc(Cl)c2c(c1)OCCCO2)NCCCn1nc(C)cc1C.I. The maximum absolute atomic E-state index is 6.38. The van der Waals surface area contributed by atoms with E-state index < -0.39 is 0 Å². The summed E-state index contributed by atoms with van der Waals surface area (Å²) in [6.07, 6.45) is 1.81. The largest absolute Gasteiger partial charge is 0.489 e. The minimum atomic E-state index is 0. The lowest BCUT2D eigenvalue weighted by Gasteiger charge is -2.13. The molecule has 2 heterocycles. The minimum Gasteiger partial charge on any atom is -0.489 e. The van der Waals surface area contributed by atoms with Crippen LogP contribution in [0.1, 0.15) is 36.7 Å². The molecule has 0 aliphatic carbocycles. The van der Waals surface area contributed by atoms with E-state index in [1.165, 1.54) is 5.69 Å². The summed E-state index contributed by atoms with van der Waals surface area (Å²) in [7, 11) is 0. The van der Waals surface area contributed by atoms with Crippen molar-refractivity contribution in [3.05, 3.63) is 40.2 Å². The van der Waals surface area contributed by atoms with Crippen molar-refractivity contribution in [2.24, 2.45) is 4.99 Å². The molecule has 1 aliphatic rings. The Hall–Kier alpha value is -1.68. The quantitative estimate of drug-likeness (QED) is 0.237. The van der Waals surface area contributed by atoms with Crippen LogP contribution in [-0.2, 0) is 13.1 Å². The Morgan fingerprint density at radius 2 is 2.00 bits per heavy atom. The number of hydrogen-bond acceptors (Lipinski definition) is 4. The lowest BCUT2D eigenvalue weighted by atomic mass is 10.2. The van der Waals surface area contributed by atoms with Crippen LogP contribution < -0.4 is 20.1 Å². The van der Waals surface area contributed by atoms with Crippen LogP contribution in [0.5, 0.6) is 11.5 Å². The van der Waals surface area contributed by atoms with Crippen molar-refractivity contribution in [3.8, 4) is 11.5 Å². The second-order valence-corrected chi connectivity index (χ2v) is 7.49. The van der Waals surface area contributed by atoms with Crippen molar-refractivity contribution in [1.82, 2.24) is 20.4 Å². The Balaban J connectivity index is 0.00000320. The van der Waals surface area contributed by atoms with Crippen LogP contribution in [0, 0.1) is 13.8 Å². The van der Waals surface area contributed by atoms with Gasteiger partial charge in [0.15, 0.2) is 17.5 Å². The summed E-state index contributed by atoms with van der Waals surface area (Å²) >= 11 is 6.38. The minimum absolute atomic E-state index is 0. The molecule has 1 aromatic heterocycles. The summed E-state index contributed by atoms with van der Waals surface area (Å²) < 4.78 is 13.5. The van der Waals surface area contributed by atoms with Gasteiger partial charge in [-0.05, 0) is 51.0 Å². The molecule has 0 fully saturated rings. The Morgan fingerprint density at radius 3 is 2.73 bits per heavy atom. The molecule has 7 nitrogen and oxygen atoms in total. The van der Waals surface area contributed by atoms with Crippen LogP contribution in [0.2, 0.25) is 5.02 Å². The Kier molecular flexibility index (Phi) is 10.0. The molecule has 0 amide bonds. The molecule has 3 rings (SSSR count). The predicted octanol–water partition coefficient (Wildman–Crippen LogP) is 4.08. The highest BCUT2D eigenvalue weighted by Crippen LogP contribution is 2.38. The van der Waals surface area contributed by atoms with E-state index in [4.69, 9.17) is 21.1 Å². The van der Waals surface area contributed by atoms with E-state index in [0.29, 0.717) is 36.3 Å². The highest BCUT2D eigenvalue weighted by Gasteiger charge is 2.15. The molecule has 1 aromatic carbocycles. The second-order valence-electron chi connectivity index (χ2n) is 7.08. The molecule has 0 unspecified atom stereocenters. The first kappa shape index (κ1) is 24.6. The van der Waals surface area contributed by atoms with E-state index in [9.17, 15) is 0 Å². The topological polar surface area (TPSA) is 72.7 Å². The first-order valence-electron chi connectivity index (χ1n) is 10.2. The van der Waals surface area contributed by atoms with Crippen molar-refractivity contribution in [3.63, 3.8) is 0 Å². The number of fused-ring (bicyclic) bond motifs is 1. The number of halogens is 2. The average Bonchev–Trinajstić information content (AvgIpc) is 2.87. The molecule has 2 aromatic rings. The molecule has 0 saturated carbocycles. The van der Waals surface area contributed by atoms with Gasteiger partial charge in [0.1, 0.15) is 0 Å². The van der Waals surface area contributed by atoms with E-state index in [1.54, 1.807) is 0 Å². The monoisotopic (exact) mass is 547 g/mol. The van der Waals surface area contributed by atoms with Gasteiger partial charge in [-0.2, -0.15) is 5.10 Å². The van der Waals surface area contributed by atoms with E-state index in [0.717, 1.165) is 49.7 Å². The van der Waals surface area contributed by atoms with Gasteiger partial charge in [-0.1, -0.05) is 11.6 Å². The fourth-order valence-electron chi connectivity index (χ4n) is 3.22. The van der Waals surface area contributed by atoms with Gasteiger partial charge in [0.05, 0.1) is 30.5 Å². The van der Waals surface area contributed by atoms with Crippen LogP contribution in [0.4, 0.5) is 0 Å². The Labute approximate surface area is 200 Å². The molecule has 0 radical (unpaired) electrons. The Morgan fingerprint density at radius 1 is 1.20 bits per heavy atom. The molecule has 2 N–H and O–H groups in total. The summed E-state index contributed by atoms with van der Waals surface area (Å²) in [6, 6.07) is 5.95. The van der Waals surface area contributed by atoms with Gasteiger partial charge in [-0.15, -0.1) is 24.0 Å². The normalized spacial score (nSPS) is 13.4. The van der Waals surface area contributed by atoms with Crippen molar-refractivity contribution in [2.75, 3.05) is 26.3 Å². The van der Waals surface area contributed by atoms with Crippen LogP contribution in [0.15, 0.2) is 23.2 Å². The third-order valence-electron chi connectivity index (χ3n) is 4.57. The van der Waals surface area contributed by atoms with E-state index >= 15 is 0 Å². The van der Waals surface area contributed by atoms with Crippen molar-refractivity contribution in [2.45, 2.75) is 46.7 Å². The lowest BCUT2D eigenvalue weighted by Crippen LogP contribution is -2.38. The van der Waals surface area contributed by atoms with E-state index in [-0.39, 0.29) is 24.0 Å². The van der Waals surface area contributed by atoms with Crippen LogP contribution >= 0.6 is 35.6 Å². The highest BCUT2D eigenvalue weighted by molar-refractivity contribution is 14.0. The lowest BCUT2D eigenvalue weighted by molar-refractivity contribution is 0.297. The molecule has 0 bridgehead atoms. The summed E-state index contributed by atoms with van der Waals surface area (Å²) in [6.45, 7) is 10.4. The van der Waals surface area contributed by atoms with E-state index in [1.807, 2.05) is 23.7 Å². The van der Waals surface area contributed by atoms with Crippen molar-refractivity contribution < 1.29 is 9.47 Å². The van der Waals surface area contributed by atoms with E-state index in [2.05, 4.69) is 40.6 Å².